The Hall–Kier alpha value is -2.14. The molecule has 5 heteroatoms. The molecule has 1 fully saturated rings. The quantitative estimate of drug-likeness (QED) is 0.334. The Morgan fingerprint density at radius 2 is 1.87 bits per heavy atom. The van der Waals surface area contributed by atoms with Crippen molar-refractivity contribution in [2.75, 3.05) is 0 Å². The normalized spacial score (nSPS) is 21.5. The maximum Gasteiger partial charge on any atom is 0.348 e. The summed E-state index contributed by atoms with van der Waals surface area (Å²) in [4.78, 5) is 13.2. The number of aryl methyl sites for hydroxylation is 1. The lowest BCUT2D eigenvalue weighted by molar-refractivity contribution is -0.634. The molecular formula is C26H32BrN2O2+. The van der Waals surface area contributed by atoms with E-state index in [0.717, 1.165) is 39.7 Å². The lowest BCUT2D eigenvalue weighted by Crippen LogP contribution is -2.37. The Morgan fingerprint density at radius 1 is 1.16 bits per heavy atom. The van der Waals surface area contributed by atoms with Gasteiger partial charge >= 0.3 is 5.97 Å². The number of benzene rings is 2. The Kier molecular flexibility index (Phi) is 6.52. The largest absolute Gasteiger partial charge is 0.459 e. The number of hydrogen-bond acceptors (Lipinski definition) is 2. The molecule has 0 N–H and O–H groups in total. The van der Waals surface area contributed by atoms with Gasteiger partial charge in [-0.05, 0) is 67.0 Å². The van der Waals surface area contributed by atoms with Gasteiger partial charge in [0.25, 0.3) is 5.82 Å². The highest BCUT2D eigenvalue weighted by Gasteiger charge is 2.34. The van der Waals surface area contributed by atoms with E-state index >= 15 is 0 Å². The Balaban J connectivity index is 1.67. The van der Waals surface area contributed by atoms with Crippen molar-refractivity contribution in [2.24, 2.45) is 24.8 Å². The standard InChI is InChI=1S/C26H32BrN2O2/c1-17(2)21-14-9-18(3)15-24(21)31-25(30)16-29-23-8-6-5-7-22(23)28(4)26(29)19-10-12-20(27)13-11-19/h5-8,10-13,17-18,21,24H,9,14-16H2,1-4H3/q+1/t18-,21?,24-/m1/s1. The first kappa shape index (κ1) is 22.1. The van der Waals surface area contributed by atoms with E-state index in [-0.39, 0.29) is 18.6 Å². The topological polar surface area (TPSA) is 35.1 Å². The number of para-hydroxylation sites is 2. The SMILES string of the molecule is CC(C)C1CC[C@@H](C)C[C@H]1OC(=O)Cn1c(-c2ccc(Br)cc2)[n+](C)c2ccccc21. The average Bonchev–Trinajstić information content (AvgIpc) is 3.00. The maximum atomic E-state index is 13.2. The van der Waals surface area contributed by atoms with E-state index in [9.17, 15) is 4.79 Å². The van der Waals surface area contributed by atoms with E-state index in [1.807, 2.05) is 24.3 Å². The molecule has 0 bridgehead atoms. The molecular weight excluding hydrogens is 452 g/mol. The van der Waals surface area contributed by atoms with Crippen LogP contribution in [0.25, 0.3) is 22.4 Å². The Morgan fingerprint density at radius 3 is 2.58 bits per heavy atom. The van der Waals surface area contributed by atoms with Gasteiger partial charge in [0, 0.05) is 4.47 Å². The number of ether oxygens (including phenoxy) is 1. The molecule has 1 heterocycles. The van der Waals surface area contributed by atoms with E-state index in [2.05, 4.69) is 77.1 Å². The van der Waals surface area contributed by atoms with Crippen molar-refractivity contribution in [3.63, 3.8) is 0 Å². The summed E-state index contributed by atoms with van der Waals surface area (Å²) in [7, 11) is 2.05. The Labute approximate surface area is 193 Å². The number of halogens is 1. The molecule has 2 aromatic carbocycles. The number of imidazole rings is 1. The summed E-state index contributed by atoms with van der Waals surface area (Å²) >= 11 is 3.52. The number of hydrogen-bond donors (Lipinski definition) is 0. The van der Waals surface area contributed by atoms with Crippen LogP contribution in [0.3, 0.4) is 0 Å². The minimum Gasteiger partial charge on any atom is -0.459 e. The van der Waals surface area contributed by atoms with Crippen molar-refractivity contribution in [3.8, 4) is 11.4 Å². The molecule has 0 amide bonds. The first-order valence-corrected chi connectivity index (χ1v) is 12.1. The summed E-state index contributed by atoms with van der Waals surface area (Å²) in [5, 5.41) is 0. The van der Waals surface area contributed by atoms with Crippen LogP contribution in [-0.2, 0) is 23.1 Å². The van der Waals surface area contributed by atoms with Crippen molar-refractivity contribution in [1.29, 1.82) is 0 Å². The van der Waals surface area contributed by atoms with Gasteiger partial charge in [0.2, 0.25) is 0 Å². The average molecular weight is 484 g/mol. The van der Waals surface area contributed by atoms with Crippen LogP contribution in [0.4, 0.5) is 0 Å². The summed E-state index contributed by atoms with van der Waals surface area (Å²) in [5.41, 5.74) is 3.21. The van der Waals surface area contributed by atoms with E-state index in [1.165, 1.54) is 6.42 Å². The van der Waals surface area contributed by atoms with Gasteiger partial charge in [-0.15, -0.1) is 0 Å². The molecule has 0 saturated heterocycles. The molecule has 4 rings (SSSR count). The number of fused-ring (bicyclic) bond motifs is 1. The number of aromatic nitrogens is 2. The lowest BCUT2D eigenvalue weighted by Gasteiger charge is -2.36. The van der Waals surface area contributed by atoms with Crippen molar-refractivity contribution in [1.82, 2.24) is 4.57 Å². The highest BCUT2D eigenvalue weighted by molar-refractivity contribution is 9.10. The molecule has 0 spiro atoms. The summed E-state index contributed by atoms with van der Waals surface area (Å²) in [6.45, 7) is 6.96. The molecule has 1 aliphatic carbocycles. The van der Waals surface area contributed by atoms with Crippen molar-refractivity contribution in [3.05, 3.63) is 53.0 Å². The van der Waals surface area contributed by atoms with Crippen LogP contribution in [0, 0.1) is 17.8 Å². The third-order valence-corrected chi connectivity index (χ3v) is 7.27. The minimum atomic E-state index is -0.149. The van der Waals surface area contributed by atoms with E-state index < -0.39 is 0 Å². The van der Waals surface area contributed by atoms with Gasteiger partial charge in [0.05, 0.1) is 12.6 Å². The van der Waals surface area contributed by atoms with Crippen LogP contribution >= 0.6 is 15.9 Å². The molecule has 1 unspecified atom stereocenters. The van der Waals surface area contributed by atoms with Crippen LogP contribution in [-0.4, -0.2) is 16.6 Å². The maximum absolute atomic E-state index is 13.2. The summed E-state index contributed by atoms with van der Waals surface area (Å²) in [5.74, 6) is 2.43. The zero-order valence-corrected chi connectivity index (χ0v) is 20.4. The van der Waals surface area contributed by atoms with Gasteiger partial charge in [-0.25, -0.2) is 13.9 Å². The van der Waals surface area contributed by atoms with Crippen molar-refractivity contribution in [2.45, 2.75) is 52.7 Å². The molecule has 1 saturated carbocycles. The molecule has 1 aromatic heterocycles. The van der Waals surface area contributed by atoms with Crippen LogP contribution in [0.1, 0.15) is 40.0 Å². The second kappa shape index (κ2) is 9.15. The lowest BCUT2D eigenvalue weighted by atomic mass is 9.75. The van der Waals surface area contributed by atoms with E-state index in [4.69, 9.17) is 4.74 Å². The summed E-state index contributed by atoms with van der Waals surface area (Å²) in [6, 6.07) is 16.5. The molecule has 3 atom stereocenters. The fourth-order valence-corrected chi connectivity index (χ4v) is 5.34. The smallest absolute Gasteiger partial charge is 0.348 e. The molecule has 0 radical (unpaired) electrons. The number of esters is 1. The highest BCUT2D eigenvalue weighted by Crippen LogP contribution is 2.35. The Bertz CT molecular complexity index is 1070. The third-order valence-electron chi connectivity index (χ3n) is 6.74. The first-order chi connectivity index (χ1) is 14.8. The predicted molar refractivity (Wildman–Crippen MR) is 127 cm³/mol. The monoisotopic (exact) mass is 483 g/mol. The highest BCUT2D eigenvalue weighted by atomic mass is 79.9. The molecule has 4 nitrogen and oxygen atoms in total. The fraction of sp³-hybridized carbons (Fsp3) is 0.462. The van der Waals surface area contributed by atoms with Crippen LogP contribution in [0.15, 0.2) is 53.0 Å². The third kappa shape index (κ3) is 4.57. The van der Waals surface area contributed by atoms with Crippen LogP contribution < -0.4 is 4.57 Å². The number of carbonyl (C=O) groups excluding carboxylic acids is 1. The first-order valence-electron chi connectivity index (χ1n) is 11.3. The number of carbonyl (C=O) groups is 1. The van der Waals surface area contributed by atoms with Gasteiger partial charge in [-0.2, -0.15) is 0 Å². The van der Waals surface area contributed by atoms with Gasteiger partial charge in [0.15, 0.2) is 17.6 Å². The molecule has 1 aliphatic rings. The van der Waals surface area contributed by atoms with Gasteiger partial charge in [-0.3, -0.25) is 0 Å². The molecule has 31 heavy (non-hydrogen) atoms. The van der Waals surface area contributed by atoms with Crippen molar-refractivity contribution >= 4 is 32.9 Å². The van der Waals surface area contributed by atoms with Gasteiger partial charge in [0.1, 0.15) is 6.10 Å². The minimum absolute atomic E-state index is 0.0166. The van der Waals surface area contributed by atoms with Crippen LogP contribution in [0.5, 0.6) is 0 Å². The number of nitrogens with zero attached hydrogens (tertiary/aromatic N) is 2. The molecule has 0 aliphatic heterocycles. The van der Waals surface area contributed by atoms with Gasteiger partial charge in [-0.1, -0.05) is 55.3 Å². The van der Waals surface area contributed by atoms with E-state index in [0.29, 0.717) is 17.8 Å². The molecule has 164 valence electrons. The predicted octanol–water partition coefficient (Wildman–Crippen LogP) is 5.90. The zero-order chi connectivity index (χ0) is 22.1. The second-order valence-electron chi connectivity index (χ2n) is 9.32. The van der Waals surface area contributed by atoms with Crippen molar-refractivity contribution < 1.29 is 14.1 Å². The van der Waals surface area contributed by atoms with E-state index in [1.54, 1.807) is 0 Å². The summed E-state index contributed by atoms with van der Waals surface area (Å²) < 4.78 is 11.4. The fourth-order valence-electron chi connectivity index (χ4n) is 5.08. The zero-order valence-electron chi connectivity index (χ0n) is 18.8. The molecule has 3 aromatic rings. The summed E-state index contributed by atoms with van der Waals surface area (Å²) in [6.07, 6.45) is 3.35. The number of rotatable bonds is 5. The van der Waals surface area contributed by atoms with Gasteiger partial charge < -0.3 is 4.74 Å². The van der Waals surface area contributed by atoms with Crippen LogP contribution in [0.2, 0.25) is 0 Å². The second-order valence-corrected chi connectivity index (χ2v) is 10.2.